The average molecular weight is 302 g/mol. The molecule has 0 fully saturated rings. The van der Waals surface area contributed by atoms with E-state index in [-0.39, 0.29) is 11.9 Å². The summed E-state index contributed by atoms with van der Waals surface area (Å²) in [5.74, 6) is 0.0138. The number of rotatable bonds is 6. The van der Waals surface area contributed by atoms with Crippen LogP contribution >= 0.6 is 23.2 Å². The molecule has 1 rings (SSSR count). The molecule has 4 heteroatoms. The molecule has 106 valence electrons. The highest BCUT2D eigenvalue weighted by molar-refractivity contribution is 6.35. The maximum absolute atomic E-state index is 12.6. The van der Waals surface area contributed by atoms with Crippen LogP contribution in [0.3, 0.4) is 0 Å². The number of hydrogen-bond donors (Lipinski definition) is 0. The summed E-state index contributed by atoms with van der Waals surface area (Å²) in [6, 6.07) is 5.27. The highest BCUT2D eigenvalue weighted by Gasteiger charge is 2.22. The molecular weight excluding hydrogens is 281 g/mol. The van der Waals surface area contributed by atoms with Gasteiger partial charge in [-0.05, 0) is 37.5 Å². The van der Waals surface area contributed by atoms with Crippen molar-refractivity contribution in [1.29, 1.82) is 0 Å². The molecule has 0 heterocycles. The van der Waals surface area contributed by atoms with Crippen molar-refractivity contribution in [3.8, 4) is 0 Å². The lowest BCUT2D eigenvalue weighted by molar-refractivity contribution is 0.0667. The predicted octanol–water partition coefficient (Wildman–Crippen LogP) is 5.03. The molecule has 0 aliphatic rings. The SMILES string of the molecule is CCCN(C(=O)c1cc(Cl)cc(Cl)c1)C(CC)CC. The summed E-state index contributed by atoms with van der Waals surface area (Å²) in [5.41, 5.74) is 0.567. The van der Waals surface area contributed by atoms with Crippen LogP contribution in [0, 0.1) is 0 Å². The van der Waals surface area contributed by atoms with Gasteiger partial charge in [-0.2, -0.15) is 0 Å². The van der Waals surface area contributed by atoms with Crippen LogP contribution in [0.25, 0.3) is 0 Å². The van der Waals surface area contributed by atoms with Crippen molar-refractivity contribution in [2.24, 2.45) is 0 Å². The largest absolute Gasteiger partial charge is 0.336 e. The van der Waals surface area contributed by atoms with Gasteiger partial charge in [0.15, 0.2) is 0 Å². The molecule has 1 aromatic carbocycles. The third-order valence-electron chi connectivity index (χ3n) is 3.22. The molecule has 0 N–H and O–H groups in total. The first-order chi connectivity index (χ1) is 9.03. The van der Waals surface area contributed by atoms with Gasteiger partial charge in [0.05, 0.1) is 0 Å². The first-order valence-electron chi connectivity index (χ1n) is 6.80. The normalized spacial score (nSPS) is 10.8. The molecule has 0 aliphatic heterocycles. The lowest BCUT2D eigenvalue weighted by atomic mass is 10.1. The fraction of sp³-hybridized carbons (Fsp3) is 0.533. The summed E-state index contributed by atoms with van der Waals surface area (Å²) in [4.78, 5) is 14.5. The minimum atomic E-state index is 0.0138. The number of amides is 1. The third kappa shape index (κ3) is 4.39. The van der Waals surface area contributed by atoms with Crippen molar-refractivity contribution in [3.63, 3.8) is 0 Å². The third-order valence-corrected chi connectivity index (χ3v) is 3.65. The van der Waals surface area contributed by atoms with Crippen molar-refractivity contribution >= 4 is 29.1 Å². The molecule has 0 unspecified atom stereocenters. The van der Waals surface area contributed by atoms with Crippen LogP contribution in [0.15, 0.2) is 18.2 Å². The van der Waals surface area contributed by atoms with E-state index < -0.39 is 0 Å². The Morgan fingerprint density at radius 3 is 2.05 bits per heavy atom. The van der Waals surface area contributed by atoms with Gasteiger partial charge >= 0.3 is 0 Å². The molecule has 0 aromatic heterocycles. The Bertz CT molecular complexity index is 410. The van der Waals surface area contributed by atoms with E-state index in [1.807, 2.05) is 4.90 Å². The highest BCUT2D eigenvalue weighted by Crippen LogP contribution is 2.22. The molecule has 0 saturated carbocycles. The van der Waals surface area contributed by atoms with E-state index in [2.05, 4.69) is 20.8 Å². The van der Waals surface area contributed by atoms with Crippen LogP contribution in [0.2, 0.25) is 10.0 Å². The van der Waals surface area contributed by atoms with Gasteiger partial charge in [-0.1, -0.05) is 44.0 Å². The molecule has 0 atom stereocenters. The summed E-state index contributed by atoms with van der Waals surface area (Å²) >= 11 is 11.9. The summed E-state index contributed by atoms with van der Waals surface area (Å²) in [7, 11) is 0. The molecule has 1 amide bonds. The molecule has 2 nitrogen and oxygen atoms in total. The number of carbonyl (C=O) groups is 1. The minimum absolute atomic E-state index is 0.0138. The Morgan fingerprint density at radius 2 is 1.63 bits per heavy atom. The van der Waals surface area contributed by atoms with E-state index in [1.54, 1.807) is 18.2 Å². The maximum atomic E-state index is 12.6. The predicted molar refractivity (Wildman–Crippen MR) is 82.2 cm³/mol. The quantitative estimate of drug-likeness (QED) is 0.721. The zero-order valence-corrected chi connectivity index (χ0v) is 13.3. The lowest BCUT2D eigenvalue weighted by Gasteiger charge is -2.30. The Morgan fingerprint density at radius 1 is 1.11 bits per heavy atom. The van der Waals surface area contributed by atoms with Crippen molar-refractivity contribution in [3.05, 3.63) is 33.8 Å². The molecule has 0 bridgehead atoms. The summed E-state index contributed by atoms with van der Waals surface area (Å²) in [6.07, 6.45) is 2.85. The van der Waals surface area contributed by atoms with E-state index in [4.69, 9.17) is 23.2 Å². The van der Waals surface area contributed by atoms with Gasteiger partial charge in [0, 0.05) is 28.2 Å². The van der Waals surface area contributed by atoms with E-state index in [0.717, 1.165) is 25.8 Å². The van der Waals surface area contributed by atoms with Gasteiger partial charge < -0.3 is 4.90 Å². The fourth-order valence-electron chi connectivity index (χ4n) is 2.26. The standard InChI is InChI=1S/C15H21Cl2NO/c1-4-7-18(14(5-2)6-3)15(19)11-8-12(16)10-13(17)9-11/h8-10,14H,4-7H2,1-3H3. The van der Waals surface area contributed by atoms with Crippen LogP contribution in [0.4, 0.5) is 0 Å². The maximum Gasteiger partial charge on any atom is 0.254 e. The van der Waals surface area contributed by atoms with E-state index in [0.29, 0.717) is 15.6 Å². The summed E-state index contributed by atoms with van der Waals surface area (Å²) in [5, 5.41) is 0.994. The van der Waals surface area contributed by atoms with Crippen LogP contribution in [0.5, 0.6) is 0 Å². The zero-order valence-electron chi connectivity index (χ0n) is 11.7. The first-order valence-corrected chi connectivity index (χ1v) is 7.56. The second-order valence-corrected chi connectivity index (χ2v) is 5.50. The average Bonchev–Trinajstić information content (AvgIpc) is 2.37. The van der Waals surface area contributed by atoms with Crippen molar-refractivity contribution in [2.75, 3.05) is 6.54 Å². The first kappa shape index (κ1) is 16.3. The fourth-order valence-corrected chi connectivity index (χ4v) is 2.79. The highest BCUT2D eigenvalue weighted by atomic mass is 35.5. The molecule has 0 radical (unpaired) electrons. The van der Waals surface area contributed by atoms with Gasteiger partial charge in [-0.15, -0.1) is 0 Å². The topological polar surface area (TPSA) is 20.3 Å². The monoisotopic (exact) mass is 301 g/mol. The number of nitrogens with zero attached hydrogens (tertiary/aromatic N) is 1. The van der Waals surface area contributed by atoms with Gasteiger partial charge in [0.1, 0.15) is 0 Å². The van der Waals surface area contributed by atoms with Crippen LogP contribution in [-0.4, -0.2) is 23.4 Å². The number of halogens is 2. The molecule has 0 aliphatic carbocycles. The lowest BCUT2D eigenvalue weighted by Crippen LogP contribution is -2.40. The zero-order chi connectivity index (χ0) is 14.4. The van der Waals surface area contributed by atoms with Gasteiger partial charge in [0.2, 0.25) is 0 Å². The van der Waals surface area contributed by atoms with Gasteiger partial charge in [-0.25, -0.2) is 0 Å². The summed E-state index contributed by atoms with van der Waals surface area (Å²) < 4.78 is 0. The molecular formula is C15H21Cl2NO. The van der Waals surface area contributed by atoms with E-state index in [9.17, 15) is 4.79 Å². The number of carbonyl (C=O) groups excluding carboxylic acids is 1. The molecule has 0 saturated heterocycles. The second-order valence-electron chi connectivity index (χ2n) is 4.63. The minimum Gasteiger partial charge on any atom is -0.336 e. The molecule has 1 aromatic rings. The molecule has 19 heavy (non-hydrogen) atoms. The van der Waals surface area contributed by atoms with Crippen molar-refractivity contribution in [2.45, 2.75) is 46.1 Å². The Balaban J connectivity index is 3.04. The Hall–Kier alpha value is -0.730. The number of hydrogen-bond acceptors (Lipinski definition) is 1. The Labute approximate surface area is 125 Å². The van der Waals surface area contributed by atoms with Gasteiger partial charge in [0.25, 0.3) is 5.91 Å². The van der Waals surface area contributed by atoms with E-state index >= 15 is 0 Å². The number of benzene rings is 1. The van der Waals surface area contributed by atoms with Crippen LogP contribution in [0.1, 0.15) is 50.4 Å². The second kappa shape index (κ2) is 7.76. The van der Waals surface area contributed by atoms with Crippen LogP contribution in [-0.2, 0) is 0 Å². The van der Waals surface area contributed by atoms with Gasteiger partial charge in [-0.3, -0.25) is 4.79 Å². The van der Waals surface area contributed by atoms with Crippen molar-refractivity contribution in [1.82, 2.24) is 4.90 Å². The Kier molecular flexibility index (Phi) is 6.67. The smallest absolute Gasteiger partial charge is 0.254 e. The van der Waals surface area contributed by atoms with E-state index in [1.165, 1.54) is 0 Å². The van der Waals surface area contributed by atoms with Crippen molar-refractivity contribution < 1.29 is 4.79 Å². The molecule has 0 spiro atoms. The summed E-state index contributed by atoms with van der Waals surface area (Å²) in [6.45, 7) is 7.05. The van der Waals surface area contributed by atoms with Crippen LogP contribution < -0.4 is 0 Å².